The van der Waals surface area contributed by atoms with Crippen LogP contribution in [0.3, 0.4) is 0 Å². The third kappa shape index (κ3) is 0.864. The van der Waals surface area contributed by atoms with Crippen molar-refractivity contribution in [3.63, 3.8) is 0 Å². The zero-order chi connectivity index (χ0) is 6.16. The van der Waals surface area contributed by atoms with E-state index in [1.165, 1.54) is 25.7 Å². The molecule has 2 heteroatoms. The molecule has 1 aliphatic heterocycles. The predicted octanol–water partition coefficient (Wildman–Crippen LogP) is 1.65. The summed E-state index contributed by atoms with van der Waals surface area (Å²) < 4.78 is 0. The summed E-state index contributed by atoms with van der Waals surface area (Å²) in [6.07, 6.45) is 6.19. The summed E-state index contributed by atoms with van der Waals surface area (Å²) in [5.74, 6) is 0. The molecule has 0 bridgehead atoms. The molecule has 0 aromatic carbocycles. The van der Waals surface area contributed by atoms with Crippen LogP contribution < -0.4 is 0 Å². The van der Waals surface area contributed by atoms with Gasteiger partial charge in [0.05, 0.1) is 6.61 Å². The molecule has 2 rings (SSSR count). The van der Waals surface area contributed by atoms with E-state index < -0.39 is 0 Å². The average molecular weight is 128 g/mol. The third-order valence-electron chi connectivity index (χ3n) is 2.39. The smallest absolute Gasteiger partial charge is 0.106 e. The van der Waals surface area contributed by atoms with Gasteiger partial charge in [0, 0.05) is 6.42 Å². The first-order valence-electron chi connectivity index (χ1n) is 3.72. The SMILES string of the molecule is C1CCC2(C1)CCOO2. The lowest BCUT2D eigenvalue weighted by molar-refractivity contribution is -0.306. The molecule has 1 saturated heterocycles. The van der Waals surface area contributed by atoms with Gasteiger partial charge in [-0.2, -0.15) is 0 Å². The fourth-order valence-electron chi connectivity index (χ4n) is 1.79. The quantitative estimate of drug-likeness (QED) is 0.462. The van der Waals surface area contributed by atoms with E-state index in [4.69, 9.17) is 9.78 Å². The molecule has 2 aliphatic rings. The molecule has 0 atom stereocenters. The Labute approximate surface area is 55.1 Å². The summed E-state index contributed by atoms with van der Waals surface area (Å²) in [6.45, 7) is 0.806. The largest absolute Gasteiger partial charge is 0.236 e. The van der Waals surface area contributed by atoms with Crippen LogP contribution in [0, 0.1) is 0 Å². The fourth-order valence-corrected chi connectivity index (χ4v) is 1.79. The van der Waals surface area contributed by atoms with Gasteiger partial charge < -0.3 is 0 Å². The summed E-state index contributed by atoms with van der Waals surface area (Å²) >= 11 is 0. The van der Waals surface area contributed by atoms with Crippen molar-refractivity contribution in [3.05, 3.63) is 0 Å². The van der Waals surface area contributed by atoms with Crippen molar-refractivity contribution in [2.45, 2.75) is 37.7 Å². The summed E-state index contributed by atoms with van der Waals surface area (Å²) in [5.41, 5.74) is 0.167. The van der Waals surface area contributed by atoms with Crippen molar-refractivity contribution in [1.29, 1.82) is 0 Å². The second-order valence-electron chi connectivity index (χ2n) is 3.05. The van der Waals surface area contributed by atoms with Crippen molar-refractivity contribution >= 4 is 0 Å². The molecule has 0 N–H and O–H groups in total. The minimum atomic E-state index is 0.167. The Morgan fingerprint density at radius 3 is 2.33 bits per heavy atom. The van der Waals surface area contributed by atoms with Gasteiger partial charge in [-0.05, 0) is 12.8 Å². The van der Waals surface area contributed by atoms with E-state index in [2.05, 4.69) is 0 Å². The van der Waals surface area contributed by atoms with Gasteiger partial charge in [0.1, 0.15) is 5.60 Å². The van der Waals surface area contributed by atoms with Crippen molar-refractivity contribution < 1.29 is 9.78 Å². The lowest BCUT2D eigenvalue weighted by Gasteiger charge is -2.16. The van der Waals surface area contributed by atoms with E-state index >= 15 is 0 Å². The summed E-state index contributed by atoms with van der Waals surface area (Å²) in [5, 5.41) is 0. The average Bonchev–Trinajstić information content (AvgIpc) is 2.45. The van der Waals surface area contributed by atoms with Gasteiger partial charge in [0.25, 0.3) is 0 Å². The normalized spacial score (nSPS) is 32.0. The molecule has 0 aromatic heterocycles. The zero-order valence-electron chi connectivity index (χ0n) is 5.56. The molecule has 0 aromatic rings. The van der Waals surface area contributed by atoms with Gasteiger partial charge in [-0.1, -0.05) is 12.8 Å². The summed E-state index contributed by atoms with van der Waals surface area (Å²) in [4.78, 5) is 10.1. The number of rotatable bonds is 0. The van der Waals surface area contributed by atoms with Crippen LogP contribution >= 0.6 is 0 Å². The van der Waals surface area contributed by atoms with Crippen LogP contribution in [0.4, 0.5) is 0 Å². The van der Waals surface area contributed by atoms with Crippen molar-refractivity contribution in [1.82, 2.24) is 0 Å². The molecule has 52 valence electrons. The molecule has 2 fully saturated rings. The third-order valence-corrected chi connectivity index (χ3v) is 2.39. The van der Waals surface area contributed by atoms with E-state index in [1.54, 1.807) is 0 Å². The van der Waals surface area contributed by atoms with Crippen LogP contribution in [0.1, 0.15) is 32.1 Å². The summed E-state index contributed by atoms with van der Waals surface area (Å²) in [7, 11) is 0. The summed E-state index contributed by atoms with van der Waals surface area (Å²) in [6, 6.07) is 0. The van der Waals surface area contributed by atoms with Crippen LogP contribution in [0.15, 0.2) is 0 Å². The predicted molar refractivity (Wildman–Crippen MR) is 32.9 cm³/mol. The zero-order valence-corrected chi connectivity index (χ0v) is 5.56. The Kier molecular flexibility index (Phi) is 1.24. The van der Waals surface area contributed by atoms with Crippen LogP contribution in [-0.4, -0.2) is 12.2 Å². The van der Waals surface area contributed by atoms with Gasteiger partial charge >= 0.3 is 0 Å². The van der Waals surface area contributed by atoms with E-state index in [1.807, 2.05) is 0 Å². The van der Waals surface area contributed by atoms with Crippen molar-refractivity contribution in [2.75, 3.05) is 6.61 Å². The monoisotopic (exact) mass is 128 g/mol. The highest BCUT2D eigenvalue weighted by Crippen LogP contribution is 2.39. The van der Waals surface area contributed by atoms with Crippen molar-refractivity contribution in [2.24, 2.45) is 0 Å². The van der Waals surface area contributed by atoms with E-state index in [0.29, 0.717) is 0 Å². The van der Waals surface area contributed by atoms with E-state index in [9.17, 15) is 0 Å². The molecule has 1 aliphatic carbocycles. The molecule has 1 spiro atoms. The molecular formula is C7H12O2. The highest BCUT2D eigenvalue weighted by atomic mass is 17.2. The van der Waals surface area contributed by atoms with Gasteiger partial charge in [0.15, 0.2) is 0 Å². The van der Waals surface area contributed by atoms with Crippen LogP contribution in [0.5, 0.6) is 0 Å². The highest BCUT2D eigenvalue weighted by molar-refractivity contribution is 4.86. The molecule has 9 heavy (non-hydrogen) atoms. The molecule has 0 radical (unpaired) electrons. The molecule has 1 saturated carbocycles. The van der Waals surface area contributed by atoms with Crippen LogP contribution in [0.25, 0.3) is 0 Å². The minimum Gasteiger partial charge on any atom is -0.236 e. The molecule has 0 unspecified atom stereocenters. The maximum atomic E-state index is 5.20. The Balaban J connectivity index is 2.04. The molecule has 0 amide bonds. The highest BCUT2D eigenvalue weighted by Gasteiger charge is 2.39. The second kappa shape index (κ2) is 1.96. The van der Waals surface area contributed by atoms with Gasteiger partial charge in [-0.15, -0.1) is 0 Å². The molecular weight excluding hydrogens is 116 g/mol. The maximum absolute atomic E-state index is 5.20. The number of hydrogen-bond acceptors (Lipinski definition) is 2. The Morgan fingerprint density at radius 2 is 1.78 bits per heavy atom. The fraction of sp³-hybridized carbons (Fsp3) is 1.00. The lowest BCUT2D eigenvalue weighted by atomic mass is 10.00. The van der Waals surface area contributed by atoms with Gasteiger partial charge in [-0.3, -0.25) is 0 Å². The second-order valence-corrected chi connectivity index (χ2v) is 3.05. The maximum Gasteiger partial charge on any atom is 0.106 e. The van der Waals surface area contributed by atoms with E-state index in [-0.39, 0.29) is 5.60 Å². The van der Waals surface area contributed by atoms with Crippen LogP contribution in [0.2, 0.25) is 0 Å². The Morgan fingerprint density at radius 1 is 1.00 bits per heavy atom. The topological polar surface area (TPSA) is 18.5 Å². The first-order chi connectivity index (χ1) is 4.41. The Hall–Kier alpha value is -0.0800. The Bertz CT molecular complexity index is 82.0. The number of hydrogen-bond donors (Lipinski definition) is 0. The van der Waals surface area contributed by atoms with Crippen molar-refractivity contribution in [3.8, 4) is 0 Å². The van der Waals surface area contributed by atoms with Crippen LogP contribution in [-0.2, 0) is 9.78 Å². The van der Waals surface area contributed by atoms with Gasteiger partial charge in [0.2, 0.25) is 0 Å². The standard InChI is InChI=1S/C7H12O2/c1-2-4-7(3-1)5-6-8-9-7/h1-6H2. The van der Waals surface area contributed by atoms with E-state index in [0.717, 1.165) is 13.0 Å². The first-order valence-corrected chi connectivity index (χ1v) is 3.72. The minimum absolute atomic E-state index is 0.167. The van der Waals surface area contributed by atoms with Gasteiger partial charge in [-0.25, -0.2) is 9.78 Å². The first kappa shape index (κ1) is 5.69. The lowest BCUT2D eigenvalue weighted by Crippen LogP contribution is -2.21. The molecule has 2 nitrogen and oxygen atoms in total. The molecule has 1 heterocycles.